The molecule has 72 valence electrons. The van der Waals surface area contributed by atoms with Crippen LogP contribution >= 0.6 is 0 Å². The van der Waals surface area contributed by atoms with E-state index in [2.05, 4.69) is 13.8 Å². The van der Waals surface area contributed by atoms with Crippen LogP contribution in [0, 0.1) is 0 Å². The third-order valence-corrected chi connectivity index (χ3v) is 2.72. The van der Waals surface area contributed by atoms with Crippen molar-refractivity contribution < 1.29 is 4.74 Å². The predicted octanol–water partition coefficient (Wildman–Crippen LogP) is 2.07. The van der Waals surface area contributed by atoms with Crippen molar-refractivity contribution >= 4 is 0 Å². The van der Waals surface area contributed by atoms with E-state index in [0.717, 1.165) is 32.1 Å². The van der Waals surface area contributed by atoms with Crippen molar-refractivity contribution in [2.45, 2.75) is 64.2 Å². The summed E-state index contributed by atoms with van der Waals surface area (Å²) in [5.41, 5.74) is 5.80. The van der Waals surface area contributed by atoms with Gasteiger partial charge in [-0.2, -0.15) is 0 Å². The van der Waals surface area contributed by atoms with E-state index < -0.39 is 0 Å². The van der Waals surface area contributed by atoms with Crippen molar-refractivity contribution in [1.29, 1.82) is 0 Å². The van der Waals surface area contributed by atoms with Crippen LogP contribution in [-0.4, -0.2) is 18.2 Å². The lowest BCUT2D eigenvalue weighted by Crippen LogP contribution is -2.31. The highest BCUT2D eigenvalue weighted by Crippen LogP contribution is 2.21. The number of hydrogen-bond donors (Lipinski definition) is 1. The van der Waals surface area contributed by atoms with Gasteiger partial charge in [-0.3, -0.25) is 0 Å². The Morgan fingerprint density at radius 3 is 2.42 bits per heavy atom. The van der Waals surface area contributed by atoms with Gasteiger partial charge in [0.1, 0.15) is 0 Å². The predicted molar refractivity (Wildman–Crippen MR) is 51.1 cm³/mol. The van der Waals surface area contributed by atoms with Crippen molar-refractivity contribution in [1.82, 2.24) is 0 Å². The molecule has 2 heteroatoms. The third-order valence-electron chi connectivity index (χ3n) is 2.72. The molecule has 0 spiro atoms. The highest BCUT2D eigenvalue weighted by Gasteiger charge is 2.19. The Hall–Kier alpha value is -0.0800. The Balaban J connectivity index is 2.17. The third kappa shape index (κ3) is 3.11. The maximum Gasteiger partial charge on any atom is 0.0580 e. The first-order valence-electron chi connectivity index (χ1n) is 5.13. The van der Waals surface area contributed by atoms with E-state index in [1.807, 2.05) is 0 Å². The fourth-order valence-electron chi connectivity index (χ4n) is 1.65. The van der Waals surface area contributed by atoms with Crippen LogP contribution in [0.2, 0.25) is 0 Å². The summed E-state index contributed by atoms with van der Waals surface area (Å²) in [6.45, 7) is 4.31. The lowest BCUT2D eigenvalue weighted by Gasteiger charge is -2.28. The summed E-state index contributed by atoms with van der Waals surface area (Å²) < 4.78 is 5.83. The molecule has 1 atom stereocenters. The van der Waals surface area contributed by atoms with E-state index in [-0.39, 0.29) is 0 Å². The fourth-order valence-corrected chi connectivity index (χ4v) is 1.65. The summed E-state index contributed by atoms with van der Waals surface area (Å²) in [6.07, 6.45) is 6.62. The van der Waals surface area contributed by atoms with Gasteiger partial charge in [-0.25, -0.2) is 0 Å². The Morgan fingerprint density at radius 2 is 1.92 bits per heavy atom. The van der Waals surface area contributed by atoms with Gasteiger partial charge < -0.3 is 10.5 Å². The SMILES string of the molecule is CCC(C)OC1CCC(N)CC1. The molecule has 0 heterocycles. The Kier molecular flexibility index (Phi) is 4.02. The summed E-state index contributed by atoms with van der Waals surface area (Å²) >= 11 is 0. The molecule has 1 saturated carbocycles. The number of hydrogen-bond acceptors (Lipinski definition) is 2. The number of rotatable bonds is 3. The zero-order valence-electron chi connectivity index (χ0n) is 8.25. The van der Waals surface area contributed by atoms with Crippen LogP contribution in [0.3, 0.4) is 0 Å². The van der Waals surface area contributed by atoms with Gasteiger partial charge in [0.25, 0.3) is 0 Å². The van der Waals surface area contributed by atoms with Crippen LogP contribution in [0.5, 0.6) is 0 Å². The molecular weight excluding hydrogens is 150 g/mol. The van der Waals surface area contributed by atoms with Crippen molar-refractivity contribution in [3.8, 4) is 0 Å². The topological polar surface area (TPSA) is 35.2 Å². The van der Waals surface area contributed by atoms with Gasteiger partial charge in [0.05, 0.1) is 12.2 Å². The van der Waals surface area contributed by atoms with Gasteiger partial charge in [-0.1, -0.05) is 6.92 Å². The highest BCUT2D eigenvalue weighted by molar-refractivity contribution is 4.75. The molecule has 0 bridgehead atoms. The van der Waals surface area contributed by atoms with Crippen molar-refractivity contribution in [2.75, 3.05) is 0 Å². The van der Waals surface area contributed by atoms with Gasteiger partial charge in [-0.15, -0.1) is 0 Å². The molecule has 12 heavy (non-hydrogen) atoms. The monoisotopic (exact) mass is 171 g/mol. The van der Waals surface area contributed by atoms with Crippen LogP contribution in [0.25, 0.3) is 0 Å². The van der Waals surface area contributed by atoms with E-state index in [0.29, 0.717) is 18.2 Å². The second-order valence-corrected chi connectivity index (χ2v) is 3.89. The van der Waals surface area contributed by atoms with E-state index in [1.165, 1.54) is 0 Å². The lowest BCUT2D eigenvalue weighted by atomic mass is 9.93. The van der Waals surface area contributed by atoms with Gasteiger partial charge in [0.2, 0.25) is 0 Å². The standard InChI is InChI=1S/C10H21NO/c1-3-8(2)12-10-6-4-9(11)5-7-10/h8-10H,3-7,11H2,1-2H3. The first kappa shape index (κ1) is 10.0. The molecule has 1 fully saturated rings. The van der Waals surface area contributed by atoms with Crippen molar-refractivity contribution in [2.24, 2.45) is 5.73 Å². The molecule has 1 unspecified atom stereocenters. The molecule has 0 radical (unpaired) electrons. The molecule has 0 aromatic heterocycles. The molecule has 1 rings (SSSR count). The van der Waals surface area contributed by atoms with Gasteiger partial charge in [0, 0.05) is 6.04 Å². The Morgan fingerprint density at radius 1 is 1.33 bits per heavy atom. The molecule has 2 N–H and O–H groups in total. The van der Waals surface area contributed by atoms with E-state index >= 15 is 0 Å². The average molecular weight is 171 g/mol. The van der Waals surface area contributed by atoms with E-state index in [4.69, 9.17) is 10.5 Å². The Bertz CT molecular complexity index is 119. The number of ether oxygens (including phenoxy) is 1. The quantitative estimate of drug-likeness (QED) is 0.705. The summed E-state index contributed by atoms with van der Waals surface area (Å²) in [4.78, 5) is 0. The summed E-state index contributed by atoms with van der Waals surface area (Å²) in [7, 11) is 0. The minimum Gasteiger partial charge on any atom is -0.375 e. The maximum absolute atomic E-state index is 5.83. The summed E-state index contributed by atoms with van der Waals surface area (Å²) in [5, 5.41) is 0. The molecule has 1 aliphatic carbocycles. The summed E-state index contributed by atoms with van der Waals surface area (Å²) in [6, 6.07) is 0.432. The van der Waals surface area contributed by atoms with Gasteiger partial charge >= 0.3 is 0 Å². The second-order valence-electron chi connectivity index (χ2n) is 3.89. The van der Waals surface area contributed by atoms with Crippen LogP contribution in [0.4, 0.5) is 0 Å². The smallest absolute Gasteiger partial charge is 0.0580 e. The zero-order chi connectivity index (χ0) is 8.97. The van der Waals surface area contributed by atoms with Gasteiger partial charge in [0.15, 0.2) is 0 Å². The largest absolute Gasteiger partial charge is 0.375 e. The molecule has 0 aliphatic heterocycles. The average Bonchev–Trinajstić information content (AvgIpc) is 2.09. The molecule has 2 nitrogen and oxygen atoms in total. The van der Waals surface area contributed by atoms with Gasteiger partial charge in [-0.05, 0) is 39.0 Å². The van der Waals surface area contributed by atoms with Crippen molar-refractivity contribution in [3.63, 3.8) is 0 Å². The first-order chi connectivity index (χ1) is 5.72. The molecule has 0 aromatic carbocycles. The van der Waals surface area contributed by atoms with Crippen LogP contribution < -0.4 is 5.73 Å². The zero-order valence-corrected chi connectivity index (χ0v) is 8.25. The van der Waals surface area contributed by atoms with E-state index in [9.17, 15) is 0 Å². The van der Waals surface area contributed by atoms with Crippen LogP contribution in [-0.2, 0) is 4.74 Å². The maximum atomic E-state index is 5.83. The summed E-state index contributed by atoms with van der Waals surface area (Å²) in [5.74, 6) is 0. The highest BCUT2D eigenvalue weighted by atomic mass is 16.5. The van der Waals surface area contributed by atoms with E-state index in [1.54, 1.807) is 0 Å². The first-order valence-corrected chi connectivity index (χ1v) is 5.13. The minimum atomic E-state index is 0.421. The number of nitrogens with two attached hydrogens (primary N) is 1. The fraction of sp³-hybridized carbons (Fsp3) is 1.00. The molecule has 0 aromatic rings. The lowest BCUT2D eigenvalue weighted by molar-refractivity contribution is -0.0242. The Labute approximate surface area is 75.5 Å². The molecular formula is C10H21NO. The normalized spacial score (nSPS) is 33.2. The molecule has 0 amide bonds. The molecule has 0 saturated heterocycles. The van der Waals surface area contributed by atoms with Crippen LogP contribution in [0.1, 0.15) is 46.0 Å². The minimum absolute atomic E-state index is 0.421. The van der Waals surface area contributed by atoms with Crippen LogP contribution in [0.15, 0.2) is 0 Å². The molecule has 1 aliphatic rings. The second kappa shape index (κ2) is 4.83. The van der Waals surface area contributed by atoms with Crippen molar-refractivity contribution in [3.05, 3.63) is 0 Å².